The van der Waals surface area contributed by atoms with Gasteiger partial charge in [-0.15, -0.1) is 11.8 Å². The molecule has 9 heteroatoms. The highest BCUT2D eigenvalue weighted by Crippen LogP contribution is 2.32. The number of aliphatic hydroxyl groups is 1. The summed E-state index contributed by atoms with van der Waals surface area (Å²) in [4.78, 5) is 12.6. The third-order valence-electron chi connectivity index (χ3n) is 4.20. The fourth-order valence-electron chi connectivity index (χ4n) is 2.84. The fraction of sp³-hybridized carbons (Fsp3) is 0.353. The predicted octanol–water partition coefficient (Wildman–Crippen LogP) is 1.98. The summed E-state index contributed by atoms with van der Waals surface area (Å²) < 4.78 is 13.6. The number of carbonyl (C=O) groups excluding carboxylic acids is 1. The van der Waals surface area contributed by atoms with E-state index in [1.807, 2.05) is 12.3 Å². The molecule has 2 aliphatic rings. The van der Waals surface area contributed by atoms with Crippen molar-refractivity contribution in [2.45, 2.75) is 24.8 Å². The smallest absolute Gasteiger partial charge is 0.286 e. The largest absolute Gasteiger partial charge is 0.394 e. The van der Waals surface area contributed by atoms with Crippen LogP contribution < -0.4 is 10.9 Å². The van der Waals surface area contributed by atoms with Gasteiger partial charge in [0.2, 0.25) is 0 Å². The molecule has 6 nitrogen and oxygen atoms in total. The van der Waals surface area contributed by atoms with Gasteiger partial charge in [-0.05, 0) is 42.2 Å². The monoisotopic (exact) mass is 398 g/mol. The second-order valence-electron chi connectivity index (χ2n) is 6.20. The number of hydrazine groups is 2. The van der Waals surface area contributed by atoms with E-state index in [-0.39, 0.29) is 29.7 Å². The van der Waals surface area contributed by atoms with Crippen molar-refractivity contribution < 1.29 is 14.3 Å². The molecule has 1 aromatic rings. The Morgan fingerprint density at radius 1 is 1.46 bits per heavy atom. The van der Waals surface area contributed by atoms with Crippen molar-refractivity contribution in [2.75, 3.05) is 13.7 Å². The van der Waals surface area contributed by atoms with Gasteiger partial charge >= 0.3 is 0 Å². The summed E-state index contributed by atoms with van der Waals surface area (Å²) in [5.41, 5.74) is 7.83. The molecule has 0 saturated heterocycles. The van der Waals surface area contributed by atoms with Crippen LogP contribution in [0.4, 0.5) is 4.39 Å². The summed E-state index contributed by atoms with van der Waals surface area (Å²) in [6.45, 7) is 1.81. The number of halogens is 2. The van der Waals surface area contributed by atoms with Crippen molar-refractivity contribution in [3.05, 3.63) is 57.5 Å². The van der Waals surface area contributed by atoms with Crippen LogP contribution in [-0.2, 0) is 11.2 Å². The van der Waals surface area contributed by atoms with Crippen molar-refractivity contribution in [3.8, 4) is 0 Å². The minimum absolute atomic E-state index is 0.0816. The number of carbonyl (C=O) groups is 1. The molecule has 2 heterocycles. The highest BCUT2D eigenvalue weighted by molar-refractivity contribution is 8.02. The zero-order valence-corrected chi connectivity index (χ0v) is 15.9. The molecule has 2 atom stereocenters. The van der Waals surface area contributed by atoms with Crippen LogP contribution in [0.5, 0.6) is 0 Å². The molecule has 0 bridgehead atoms. The van der Waals surface area contributed by atoms with Gasteiger partial charge in [0.1, 0.15) is 16.9 Å². The van der Waals surface area contributed by atoms with E-state index in [0.29, 0.717) is 17.1 Å². The highest BCUT2D eigenvalue weighted by Gasteiger charge is 2.30. The number of hydrogen-bond donors (Lipinski definition) is 3. The van der Waals surface area contributed by atoms with Crippen molar-refractivity contribution >= 4 is 29.3 Å². The lowest BCUT2D eigenvalue weighted by Gasteiger charge is -2.28. The third kappa shape index (κ3) is 4.15. The van der Waals surface area contributed by atoms with E-state index in [1.54, 1.807) is 41.0 Å². The Morgan fingerprint density at radius 3 is 2.88 bits per heavy atom. The maximum Gasteiger partial charge on any atom is 0.286 e. The van der Waals surface area contributed by atoms with Gasteiger partial charge in [0.05, 0.1) is 12.6 Å². The molecule has 2 aliphatic heterocycles. The number of allylic oxidation sites excluding steroid dienone is 1. The topological polar surface area (TPSA) is 67.8 Å². The second kappa shape index (κ2) is 7.87. The lowest BCUT2D eigenvalue weighted by atomic mass is 10.1. The summed E-state index contributed by atoms with van der Waals surface area (Å²) in [5.74, 6) is -0.681. The number of amides is 1. The zero-order valence-electron chi connectivity index (χ0n) is 14.4. The van der Waals surface area contributed by atoms with Crippen LogP contribution in [0.2, 0.25) is 5.02 Å². The van der Waals surface area contributed by atoms with Crippen LogP contribution in [0, 0.1) is 5.82 Å². The lowest BCUT2D eigenvalue weighted by Crippen LogP contribution is -2.47. The Hall–Kier alpha value is -1.74. The van der Waals surface area contributed by atoms with Gasteiger partial charge < -0.3 is 10.5 Å². The number of likely N-dealkylation sites (N-methyl/N-ethyl adjacent to an activating group) is 1. The first-order chi connectivity index (χ1) is 12.4. The quantitative estimate of drug-likeness (QED) is 0.704. The summed E-state index contributed by atoms with van der Waals surface area (Å²) in [7, 11) is 1.75. The summed E-state index contributed by atoms with van der Waals surface area (Å²) in [6, 6.07) is 4.19. The Bertz CT molecular complexity index is 753. The van der Waals surface area contributed by atoms with E-state index >= 15 is 0 Å². The van der Waals surface area contributed by atoms with Crippen molar-refractivity contribution in [1.29, 1.82) is 0 Å². The number of benzene rings is 1. The molecule has 0 aromatic heterocycles. The number of thioether (sulfide) groups is 1. The Labute approximate surface area is 160 Å². The molecule has 0 saturated carbocycles. The Morgan fingerprint density at radius 2 is 2.23 bits per heavy atom. The first-order valence-corrected chi connectivity index (χ1v) is 9.39. The van der Waals surface area contributed by atoms with E-state index in [0.717, 1.165) is 11.3 Å². The number of nitrogens with one attached hydrogen (secondary N) is 2. The zero-order chi connectivity index (χ0) is 18.8. The molecule has 3 N–H and O–H groups in total. The maximum absolute atomic E-state index is 13.6. The molecule has 26 heavy (non-hydrogen) atoms. The van der Waals surface area contributed by atoms with Gasteiger partial charge in [0.15, 0.2) is 0 Å². The summed E-state index contributed by atoms with van der Waals surface area (Å²) in [6.07, 6.45) is 2.20. The average molecular weight is 399 g/mol. The average Bonchev–Trinajstić information content (AvgIpc) is 3.11. The van der Waals surface area contributed by atoms with Gasteiger partial charge in [-0.2, -0.15) is 0 Å². The van der Waals surface area contributed by atoms with E-state index in [1.165, 1.54) is 12.1 Å². The number of aliphatic hydroxyl groups excluding tert-OH is 1. The predicted molar refractivity (Wildman–Crippen MR) is 100 cm³/mol. The summed E-state index contributed by atoms with van der Waals surface area (Å²) >= 11 is 7.48. The number of rotatable bonds is 5. The third-order valence-corrected chi connectivity index (χ3v) is 5.59. The van der Waals surface area contributed by atoms with Gasteiger partial charge in [-0.1, -0.05) is 11.6 Å². The highest BCUT2D eigenvalue weighted by atomic mass is 35.5. The second-order valence-corrected chi connectivity index (χ2v) is 7.68. The molecule has 0 fully saturated rings. The number of nitrogens with zero attached hydrogens (tertiary/aromatic N) is 2. The minimum atomic E-state index is -0.380. The molecule has 0 spiro atoms. The molecule has 0 radical (unpaired) electrons. The Kier molecular flexibility index (Phi) is 5.76. The summed E-state index contributed by atoms with van der Waals surface area (Å²) in [5, 5.41) is 14.9. The molecular weight excluding hydrogens is 379 g/mol. The minimum Gasteiger partial charge on any atom is -0.394 e. The molecule has 1 aromatic carbocycles. The molecule has 2 unspecified atom stereocenters. The molecule has 3 rings (SSSR count). The van der Waals surface area contributed by atoms with Gasteiger partial charge in [-0.25, -0.2) is 9.40 Å². The lowest BCUT2D eigenvalue weighted by molar-refractivity contribution is -0.122. The molecular formula is C17H20ClFN4O2S. The van der Waals surface area contributed by atoms with E-state index < -0.39 is 0 Å². The first kappa shape index (κ1) is 19.0. The van der Waals surface area contributed by atoms with E-state index in [4.69, 9.17) is 11.6 Å². The SMILES string of the molecule is CC1=CSC(Cc2cc(F)cc(Cl)c2)N1NC(=O)C1=CC(CO)N(C)N1. The molecule has 1 amide bonds. The van der Waals surface area contributed by atoms with Crippen LogP contribution >= 0.6 is 23.4 Å². The van der Waals surface area contributed by atoms with Gasteiger partial charge in [0, 0.05) is 24.2 Å². The van der Waals surface area contributed by atoms with Crippen molar-refractivity contribution in [2.24, 2.45) is 0 Å². The number of hydrogen-bond acceptors (Lipinski definition) is 6. The maximum atomic E-state index is 13.6. The molecule has 140 valence electrons. The fourth-order valence-corrected chi connectivity index (χ4v) is 4.18. The molecule has 0 aliphatic carbocycles. The van der Waals surface area contributed by atoms with Crippen LogP contribution in [0.15, 0.2) is 41.1 Å². The van der Waals surface area contributed by atoms with Crippen LogP contribution in [0.25, 0.3) is 0 Å². The normalized spacial score (nSPS) is 22.9. The van der Waals surface area contributed by atoms with Crippen LogP contribution in [0.1, 0.15) is 12.5 Å². The van der Waals surface area contributed by atoms with Gasteiger partial charge in [0.25, 0.3) is 5.91 Å². The van der Waals surface area contributed by atoms with Crippen LogP contribution in [0.3, 0.4) is 0 Å². The van der Waals surface area contributed by atoms with E-state index in [2.05, 4.69) is 10.9 Å². The van der Waals surface area contributed by atoms with Crippen molar-refractivity contribution in [1.82, 2.24) is 20.9 Å². The van der Waals surface area contributed by atoms with Crippen molar-refractivity contribution in [3.63, 3.8) is 0 Å². The van der Waals surface area contributed by atoms with Crippen LogP contribution in [-0.4, -0.2) is 46.1 Å². The standard InChI is InChI=1S/C17H20ClFN4O2S/c1-10-9-26-16(5-11-3-12(18)6-13(19)4-11)23(10)21-17(25)15-7-14(8-24)22(2)20-15/h3-4,6-7,9,14,16,20,24H,5,8H2,1-2H3,(H,21,25). The first-order valence-electron chi connectivity index (χ1n) is 8.07. The van der Waals surface area contributed by atoms with E-state index in [9.17, 15) is 14.3 Å². The van der Waals surface area contributed by atoms with Gasteiger partial charge in [-0.3, -0.25) is 15.2 Å². The Balaban J connectivity index is 1.69.